The molecule has 24 heavy (non-hydrogen) atoms. The van der Waals surface area contributed by atoms with E-state index in [1.54, 1.807) is 18.2 Å². The van der Waals surface area contributed by atoms with Gasteiger partial charge in [-0.25, -0.2) is 14.4 Å². The Morgan fingerprint density at radius 1 is 1.12 bits per heavy atom. The summed E-state index contributed by atoms with van der Waals surface area (Å²) in [7, 11) is 3.81. The fourth-order valence-corrected chi connectivity index (χ4v) is 1.89. The van der Waals surface area contributed by atoms with Gasteiger partial charge in [-0.2, -0.15) is 0 Å². The Bertz CT molecular complexity index is 866. The Labute approximate surface area is 136 Å². The molecule has 0 radical (unpaired) electrons. The number of hydrogen-bond acceptors (Lipinski definition) is 8. The number of methoxy groups -OCH3 is 3. The van der Waals surface area contributed by atoms with Gasteiger partial charge in [0.25, 0.3) is 0 Å². The zero-order valence-electron chi connectivity index (χ0n) is 13.2. The monoisotopic (exact) mass is 333 g/mol. The smallest absolute Gasteiger partial charge is 0.360 e. The third-order valence-electron chi connectivity index (χ3n) is 3.08. The zero-order chi connectivity index (χ0) is 17.7. The predicted molar refractivity (Wildman–Crippen MR) is 84.8 cm³/mol. The topological polar surface area (TPSA) is 104 Å². The minimum absolute atomic E-state index is 0.0451. The molecule has 1 N–H and O–H groups in total. The Hall–Kier alpha value is -3.29. The lowest BCUT2D eigenvalue weighted by molar-refractivity contribution is -0.138. The van der Waals surface area contributed by atoms with Gasteiger partial charge in [-0.15, -0.1) is 0 Å². The fraction of sp³-hybridized carbons (Fsp3) is 0.188. The summed E-state index contributed by atoms with van der Waals surface area (Å²) in [4.78, 5) is 35.1. The average Bonchev–Trinajstić information content (AvgIpc) is 2.60. The van der Waals surface area contributed by atoms with Gasteiger partial charge in [-0.1, -0.05) is 0 Å². The van der Waals surface area contributed by atoms with Crippen LogP contribution in [0.3, 0.4) is 0 Å². The summed E-state index contributed by atoms with van der Waals surface area (Å²) >= 11 is 0. The molecule has 0 saturated carbocycles. The predicted octanol–water partition coefficient (Wildman–Crippen LogP) is 1.44. The molecule has 0 aliphatic heterocycles. The highest BCUT2D eigenvalue weighted by Gasteiger charge is 2.15. The highest BCUT2D eigenvalue weighted by atomic mass is 16.5. The summed E-state index contributed by atoms with van der Waals surface area (Å²) in [6, 6.07) is 6.36. The van der Waals surface area contributed by atoms with Crippen LogP contribution in [0.4, 0.5) is 5.69 Å². The van der Waals surface area contributed by atoms with E-state index >= 15 is 0 Å². The summed E-state index contributed by atoms with van der Waals surface area (Å²) in [6.45, 7) is 0. The molecule has 0 spiro atoms. The number of ether oxygens (including phenoxy) is 3. The molecule has 0 aliphatic rings. The van der Waals surface area contributed by atoms with Crippen molar-refractivity contribution in [3.63, 3.8) is 0 Å². The molecule has 0 saturated heterocycles. The van der Waals surface area contributed by atoms with Crippen LogP contribution in [-0.2, 0) is 19.1 Å². The van der Waals surface area contributed by atoms with Gasteiger partial charge in [0.15, 0.2) is 0 Å². The van der Waals surface area contributed by atoms with E-state index in [2.05, 4.69) is 14.8 Å². The van der Waals surface area contributed by atoms with Gasteiger partial charge < -0.3 is 23.9 Å². The number of carbonyl (C=O) groups is 2. The van der Waals surface area contributed by atoms with Gasteiger partial charge in [-0.05, 0) is 24.3 Å². The first-order valence-electron chi connectivity index (χ1n) is 6.75. The Balaban J connectivity index is 2.47. The first-order chi connectivity index (χ1) is 11.5. The van der Waals surface area contributed by atoms with Crippen LogP contribution in [0.1, 0.15) is 0 Å². The number of benzene rings is 1. The molecule has 1 aromatic carbocycles. The van der Waals surface area contributed by atoms with Crippen LogP contribution in [-0.4, -0.2) is 33.3 Å². The average molecular weight is 333 g/mol. The molecular formula is C16H15NO7. The van der Waals surface area contributed by atoms with Crippen LogP contribution in [0.25, 0.3) is 11.0 Å². The van der Waals surface area contributed by atoms with Crippen molar-refractivity contribution in [1.29, 1.82) is 0 Å². The molecule has 1 heterocycles. The van der Waals surface area contributed by atoms with Gasteiger partial charge in [0.05, 0.1) is 27.4 Å². The van der Waals surface area contributed by atoms with E-state index in [0.717, 1.165) is 20.3 Å². The van der Waals surface area contributed by atoms with Crippen molar-refractivity contribution in [3.8, 4) is 5.75 Å². The molecule has 126 valence electrons. The first kappa shape index (κ1) is 17.1. The Morgan fingerprint density at radius 2 is 1.88 bits per heavy atom. The summed E-state index contributed by atoms with van der Waals surface area (Å²) in [6.07, 6.45) is 0.876. The van der Waals surface area contributed by atoms with Gasteiger partial charge in [0.2, 0.25) is 0 Å². The van der Waals surface area contributed by atoms with Crippen LogP contribution in [0.2, 0.25) is 0 Å². The Kier molecular flexibility index (Phi) is 5.20. The summed E-state index contributed by atoms with van der Waals surface area (Å²) in [5.74, 6) is -1.05. The Morgan fingerprint density at radius 3 is 2.50 bits per heavy atom. The van der Waals surface area contributed by atoms with E-state index in [1.165, 1.54) is 13.2 Å². The number of anilines is 1. The first-order valence-corrected chi connectivity index (χ1v) is 6.75. The maximum absolute atomic E-state index is 12.0. The normalized spacial score (nSPS) is 11.0. The van der Waals surface area contributed by atoms with Crippen LogP contribution in [0.5, 0.6) is 5.75 Å². The van der Waals surface area contributed by atoms with Gasteiger partial charge in [-0.3, -0.25) is 0 Å². The third kappa shape index (κ3) is 3.72. The SMILES string of the molecule is COC(=O)/C=C(\Nc1cc2cc(OC)ccc2oc1=O)C(=O)OC. The minimum Gasteiger partial charge on any atom is -0.497 e. The molecule has 1 aromatic heterocycles. The molecule has 8 nitrogen and oxygen atoms in total. The lowest BCUT2D eigenvalue weighted by Gasteiger charge is -2.09. The molecule has 0 unspecified atom stereocenters. The lowest BCUT2D eigenvalue weighted by atomic mass is 10.2. The molecule has 2 rings (SSSR count). The minimum atomic E-state index is -0.842. The molecule has 2 aromatic rings. The standard InChI is InChI=1S/C16H15NO7/c1-21-10-4-5-13-9(6-10)7-11(16(20)24-13)17-12(15(19)23-3)8-14(18)22-2/h4-8,17H,1-3H3/b12-8-. The quantitative estimate of drug-likeness (QED) is 0.498. The van der Waals surface area contributed by atoms with Crippen molar-refractivity contribution in [1.82, 2.24) is 0 Å². The van der Waals surface area contributed by atoms with Gasteiger partial charge >= 0.3 is 17.6 Å². The molecule has 8 heteroatoms. The van der Waals surface area contributed by atoms with Crippen molar-refractivity contribution in [2.75, 3.05) is 26.6 Å². The molecule has 0 atom stereocenters. The molecule has 0 aliphatic carbocycles. The van der Waals surface area contributed by atoms with Crippen molar-refractivity contribution in [2.45, 2.75) is 0 Å². The number of fused-ring (bicyclic) bond motifs is 1. The van der Waals surface area contributed by atoms with Crippen LogP contribution < -0.4 is 15.7 Å². The summed E-state index contributed by atoms with van der Waals surface area (Å²) in [5, 5.41) is 3.10. The van der Waals surface area contributed by atoms with Gasteiger partial charge in [0, 0.05) is 5.39 Å². The number of rotatable bonds is 5. The highest BCUT2D eigenvalue weighted by molar-refractivity contribution is 5.99. The second-order valence-corrected chi connectivity index (χ2v) is 4.55. The number of nitrogens with one attached hydrogen (secondary N) is 1. The van der Waals surface area contributed by atoms with Crippen LogP contribution in [0, 0.1) is 0 Å². The van der Waals surface area contributed by atoms with E-state index in [9.17, 15) is 14.4 Å². The van der Waals surface area contributed by atoms with E-state index in [4.69, 9.17) is 9.15 Å². The number of carbonyl (C=O) groups excluding carboxylic acids is 2. The van der Waals surface area contributed by atoms with E-state index < -0.39 is 17.6 Å². The summed E-state index contributed by atoms with van der Waals surface area (Å²) in [5.41, 5.74) is -0.676. The zero-order valence-corrected chi connectivity index (χ0v) is 13.2. The lowest BCUT2D eigenvalue weighted by Crippen LogP contribution is -2.19. The van der Waals surface area contributed by atoms with Crippen molar-refractivity contribution in [2.24, 2.45) is 0 Å². The van der Waals surface area contributed by atoms with Crippen LogP contribution >= 0.6 is 0 Å². The molecular weight excluding hydrogens is 318 g/mol. The maximum Gasteiger partial charge on any atom is 0.360 e. The second-order valence-electron chi connectivity index (χ2n) is 4.55. The van der Waals surface area contributed by atoms with Crippen molar-refractivity contribution >= 4 is 28.6 Å². The molecule has 0 bridgehead atoms. The highest BCUT2D eigenvalue weighted by Crippen LogP contribution is 2.22. The maximum atomic E-state index is 12.0. The third-order valence-corrected chi connectivity index (χ3v) is 3.08. The fourth-order valence-electron chi connectivity index (χ4n) is 1.89. The molecule has 0 amide bonds. The van der Waals surface area contributed by atoms with Gasteiger partial charge in [0.1, 0.15) is 22.7 Å². The second kappa shape index (κ2) is 7.32. The van der Waals surface area contributed by atoms with E-state index in [-0.39, 0.29) is 11.4 Å². The van der Waals surface area contributed by atoms with Crippen LogP contribution in [0.15, 0.2) is 45.3 Å². The summed E-state index contributed by atoms with van der Waals surface area (Å²) < 4.78 is 19.3. The van der Waals surface area contributed by atoms with Crippen molar-refractivity contribution < 1.29 is 28.2 Å². The largest absolute Gasteiger partial charge is 0.497 e. The van der Waals surface area contributed by atoms with E-state index in [0.29, 0.717) is 16.7 Å². The van der Waals surface area contributed by atoms with E-state index in [1.807, 2.05) is 0 Å². The number of hydrogen-bond donors (Lipinski definition) is 1. The van der Waals surface area contributed by atoms with Crippen molar-refractivity contribution in [3.05, 3.63) is 46.5 Å². The number of esters is 2. The molecule has 0 fully saturated rings.